The molecule has 2 aromatic rings. The van der Waals surface area contributed by atoms with E-state index in [1.54, 1.807) is 13.2 Å². The lowest BCUT2D eigenvalue weighted by Crippen LogP contribution is -1.94. The van der Waals surface area contributed by atoms with E-state index in [4.69, 9.17) is 4.42 Å². The van der Waals surface area contributed by atoms with Crippen LogP contribution in [0.5, 0.6) is 0 Å². The number of hydrogen-bond donors (Lipinski definition) is 0. The van der Waals surface area contributed by atoms with E-state index in [1.807, 2.05) is 32.0 Å². The van der Waals surface area contributed by atoms with Crippen LogP contribution in [0.2, 0.25) is 0 Å². The van der Waals surface area contributed by atoms with Crippen molar-refractivity contribution >= 4 is 16.8 Å². The zero-order valence-corrected chi connectivity index (χ0v) is 11.0. The van der Waals surface area contributed by atoms with Gasteiger partial charge in [0.2, 0.25) is 0 Å². The van der Waals surface area contributed by atoms with Crippen LogP contribution < -0.4 is 0 Å². The zero-order valence-electron chi connectivity index (χ0n) is 11.0. The van der Waals surface area contributed by atoms with Gasteiger partial charge in [-0.25, -0.2) is 0 Å². The molecule has 0 fully saturated rings. The molecule has 0 amide bonds. The van der Waals surface area contributed by atoms with Crippen molar-refractivity contribution in [2.45, 2.75) is 40.5 Å². The molecule has 1 aromatic carbocycles. The molecule has 0 unspecified atom stereocenters. The summed E-state index contributed by atoms with van der Waals surface area (Å²) < 4.78 is 5.44. The lowest BCUT2D eigenvalue weighted by atomic mass is 10.0. The van der Waals surface area contributed by atoms with Crippen LogP contribution in [0, 0.1) is 0 Å². The molecule has 0 aliphatic heterocycles. The van der Waals surface area contributed by atoms with Crippen molar-refractivity contribution in [3.63, 3.8) is 0 Å². The summed E-state index contributed by atoms with van der Waals surface area (Å²) in [6.45, 7) is 7.71. The van der Waals surface area contributed by atoms with Gasteiger partial charge in [-0.2, -0.15) is 0 Å². The molecule has 0 aliphatic carbocycles. The molecule has 1 heterocycles. The second kappa shape index (κ2) is 6.24. The minimum atomic E-state index is 0.0966. The zero-order chi connectivity index (χ0) is 12.8. The van der Waals surface area contributed by atoms with Gasteiger partial charge in [-0.15, -0.1) is 0 Å². The van der Waals surface area contributed by atoms with Gasteiger partial charge in [0, 0.05) is 10.9 Å². The topological polar surface area (TPSA) is 30.2 Å². The summed E-state index contributed by atoms with van der Waals surface area (Å²) in [7, 11) is 0. The van der Waals surface area contributed by atoms with Gasteiger partial charge in [0.15, 0.2) is 5.78 Å². The summed E-state index contributed by atoms with van der Waals surface area (Å²) in [5.74, 6) is 0.0966. The maximum Gasteiger partial charge on any atom is 0.160 e. The molecule has 0 saturated carbocycles. The van der Waals surface area contributed by atoms with E-state index in [0.29, 0.717) is 0 Å². The molecule has 2 rings (SSSR count). The summed E-state index contributed by atoms with van der Waals surface area (Å²) in [4.78, 5) is 11.5. The Bertz CT molecular complexity index is 495. The first-order valence-corrected chi connectivity index (χ1v) is 6.24. The summed E-state index contributed by atoms with van der Waals surface area (Å²) >= 11 is 0. The molecule has 0 bridgehead atoms. The number of benzene rings is 1. The maximum atomic E-state index is 11.5. The Morgan fingerprint density at radius 3 is 2.59 bits per heavy atom. The van der Waals surface area contributed by atoms with Crippen molar-refractivity contribution in [1.29, 1.82) is 0 Å². The van der Waals surface area contributed by atoms with E-state index in [-0.39, 0.29) is 5.78 Å². The molecule has 17 heavy (non-hydrogen) atoms. The molecule has 1 aromatic heterocycles. The van der Waals surface area contributed by atoms with Crippen LogP contribution in [-0.2, 0) is 6.42 Å². The summed E-state index contributed by atoms with van der Waals surface area (Å²) in [6, 6.07) is 5.62. The maximum absolute atomic E-state index is 11.5. The van der Waals surface area contributed by atoms with Gasteiger partial charge >= 0.3 is 0 Å². The Morgan fingerprint density at radius 1 is 1.29 bits per heavy atom. The van der Waals surface area contributed by atoms with E-state index >= 15 is 0 Å². The van der Waals surface area contributed by atoms with Gasteiger partial charge < -0.3 is 4.42 Å². The first kappa shape index (κ1) is 13.5. The molecule has 0 aliphatic rings. The third-order valence-electron chi connectivity index (χ3n) is 2.57. The van der Waals surface area contributed by atoms with Crippen molar-refractivity contribution in [1.82, 2.24) is 0 Å². The first-order chi connectivity index (χ1) is 8.24. The van der Waals surface area contributed by atoms with E-state index in [9.17, 15) is 4.79 Å². The summed E-state index contributed by atoms with van der Waals surface area (Å²) in [5.41, 5.74) is 2.72. The lowest BCUT2D eigenvalue weighted by Gasteiger charge is -2.00. The number of ketones is 1. The number of carbonyl (C=O) groups is 1. The predicted octanol–water partition coefficient (Wildman–Crippen LogP) is 4.61. The van der Waals surface area contributed by atoms with Gasteiger partial charge in [0.1, 0.15) is 5.58 Å². The van der Waals surface area contributed by atoms with Crippen LogP contribution >= 0.6 is 0 Å². The second-order valence-electron chi connectivity index (χ2n) is 3.75. The molecular weight excluding hydrogens is 212 g/mol. The molecule has 0 N–H and O–H groups in total. The van der Waals surface area contributed by atoms with E-state index in [0.717, 1.165) is 34.9 Å². The highest BCUT2D eigenvalue weighted by Gasteiger charge is 2.12. The van der Waals surface area contributed by atoms with Crippen molar-refractivity contribution < 1.29 is 9.21 Å². The van der Waals surface area contributed by atoms with Crippen LogP contribution in [0.25, 0.3) is 11.0 Å². The quantitative estimate of drug-likeness (QED) is 0.723. The summed E-state index contributed by atoms with van der Waals surface area (Å²) in [5, 5.41) is 0.992. The van der Waals surface area contributed by atoms with Crippen LogP contribution in [0.3, 0.4) is 0 Å². The molecular formula is C15H20O2. The molecule has 0 atom stereocenters. The van der Waals surface area contributed by atoms with Crippen molar-refractivity contribution in [3.8, 4) is 0 Å². The highest BCUT2D eigenvalue weighted by Crippen LogP contribution is 2.26. The SMILES string of the molecule is CC.CCCc1coc2cccc(C(C)=O)c12. The molecule has 0 radical (unpaired) electrons. The number of aryl methyl sites for hydroxylation is 1. The normalized spacial score (nSPS) is 9.88. The monoisotopic (exact) mass is 232 g/mol. The average molecular weight is 232 g/mol. The van der Waals surface area contributed by atoms with Gasteiger partial charge in [-0.1, -0.05) is 39.3 Å². The molecule has 92 valence electrons. The average Bonchev–Trinajstić information content (AvgIpc) is 2.75. The number of fused-ring (bicyclic) bond motifs is 1. The third kappa shape index (κ3) is 2.76. The molecule has 0 saturated heterocycles. The Morgan fingerprint density at radius 2 is 2.00 bits per heavy atom. The fraction of sp³-hybridized carbons (Fsp3) is 0.400. The number of Topliss-reactive ketones (excluding diaryl/α,β-unsaturated/α-hetero) is 1. The number of carbonyl (C=O) groups excluding carboxylic acids is 1. The van der Waals surface area contributed by atoms with Gasteiger partial charge in [0.05, 0.1) is 6.26 Å². The fourth-order valence-electron chi connectivity index (χ4n) is 1.90. The standard InChI is InChI=1S/C13H14O2.C2H6/c1-3-5-10-8-15-12-7-4-6-11(9(2)14)13(10)12;1-2/h4,6-8H,3,5H2,1-2H3;1-2H3. The smallest absolute Gasteiger partial charge is 0.160 e. The Kier molecular flexibility index (Phi) is 4.95. The predicted molar refractivity (Wildman–Crippen MR) is 71.6 cm³/mol. The van der Waals surface area contributed by atoms with Gasteiger partial charge in [-0.05, 0) is 25.0 Å². The Labute approximate surface area is 103 Å². The van der Waals surface area contributed by atoms with Crippen LogP contribution in [0.4, 0.5) is 0 Å². The van der Waals surface area contributed by atoms with Crippen molar-refractivity contribution in [3.05, 3.63) is 35.6 Å². The first-order valence-electron chi connectivity index (χ1n) is 6.24. The molecule has 2 nitrogen and oxygen atoms in total. The molecule has 2 heteroatoms. The van der Waals surface area contributed by atoms with Crippen LogP contribution in [0.1, 0.15) is 50.0 Å². The third-order valence-corrected chi connectivity index (χ3v) is 2.57. The molecule has 0 spiro atoms. The largest absolute Gasteiger partial charge is 0.464 e. The fourth-order valence-corrected chi connectivity index (χ4v) is 1.90. The van der Waals surface area contributed by atoms with E-state index < -0.39 is 0 Å². The number of furan rings is 1. The van der Waals surface area contributed by atoms with Crippen molar-refractivity contribution in [2.75, 3.05) is 0 Å². The Hall–Kier alpha value is -1.57. The highest BCUT2D eigenvalue weighted by atomic mass is 16.3. The van der Waals surface area contributed by atoms with E-state index in [2.05, 4.69) is 6.92 Å². The highest BCUT2D eigenvalue weighted by molar-refractivity contribution is 6.07. The van der Waals surface area contributed by atoms with Gasteiger partial charge in [-0.3, -0.25) is 4.79 Å². The lowest BCUT2D eigenvalue weighted by molar-refractivity contribution is 0.101. The summed E-state index contributed by atoms with van der Waals surface area (Å²) in [6.07, 6.45) is 3.78. The Balaban J connectivity index is 0.000000686. The number of hydrogen-bond acceptors (Lipinski definition) is 2. The van der Waals surface area contributed by atoms with Crippen LogP contribution in [-0.4, -0.2) is 5.78 Å². The van der Waals surface area contributed by atoms with E-state index in [1.165, 1.54) is 0 Å². The van der Waals surface area contributed by atoms with Crippen molar-refractivity contribution in [2.24, 2.45) is 0 Å². The second-order valence-corrected chi connectivity index (χ2v) is 3.75. The minimum Gasteiger partial charge on any atom is -0.464 e. The minimum absolute atomic E-state index is 0.0966. The van der Waals surface area contributed by atoms with Gasteiger partial charge in [0.25, 0.3) is 0 Å². The van der Waals surface area contributed by atoms with Crippen LogP contribution in [0.15, 0.2) is 28.9 Å². The number of rotatable bonds is 3.